The zero-order valence-corrected chi connectivity index (χ0v) is 13.9. The van der Waals surface area contributed by atoms with Gasteiger partial charge in [-0.3, -0.25) is 4.90 Å². The fourth-order valence-electron chi connectivity index (χ4n) is 3.17. The molecule has 2 rings (SSSR count). The lowest BCUT2D eigenvalue weighted by molar-refractivity contribution is 0.211. The first-order valence-corrected chi connectivity index (χ1v) is 7.85. The summed E-state index contributed by atoms with van der Waals surface area (Å²) in [6.45, 7) is 4.02. The molecule has 1 saturated heterocycles. The molecule has 0 bridgehead atoms. The molecule has 0 aliphatic carbocycles. The summed E-state index contributed by atoms with van der Waals surface area (Å²) in [5.41, 5.74) is 7.15. The van der Waals surface area contributed by atoms with Gasteiger partial charge in [-0.25, -0.2) is 0 Å². The third-order valence-electron chi connectivity index (χ3n) is 4.35. The Kier molecular flexibility index (Phi) is 5.88. The molecule has 2 atom stereocenters. The first-order valence-electron chi connectivity index (χ1n) is 7.47. The molecule has 4 nitrogen and oxygen atoms in total. The fraction of sp³-hybridized carbons (Fsp3) is 0.625. The van der Waals surface area contributed by atoms with Gasteiger partial charge in [-0.15, -0.1) is 0 Å². The smallest absolute Gasteiger partial charge is 0.137 e. The molecule has 0 spiro atoms. The van der Waals surface area contributed by atoms with Crippen LogP contribution in [-0.2, 0) is 0 Å². The molecule has 1 aromatic carbocycles. The van der Waals surface area contributed by atoms with E-state index < -0.39 is 0 Å². The van der Waals surface area contributed by atoms with Crippen molar-refractivity contribution in [2.45, 2.75) is 12.5 Å². The second kappa shape index (κ2) is 7.45. The van der Waals surface area contributed by atoms with E-state index in [1.165, 1.54) is 19.5 Å². The maximum Gasteiger partial charge on any atom is 0.137 e. The van der Waals surface area contributed by atoms with E-state index in [0.717, 1.165) is 18.0 Å². The Morgan fingerprint density at radius 3 is 2.81 bits per heavy atom. The molecule has 21 heavy (non-hydrogen) atoms. The van der Waals surface area contributed by atoms with Crippen LogP contribution in [0.2, 0.25) is 5.02 Å². The lowest BCUT2D eigenvalue weighted by atomic mass is 10.0. The summed E-state index contributed by atoms with van der Waals surface area (Å²) in [7, 11) is 5.96. The van der Waals surface area contributed by atoms with E-state index in [-0.39, 0.29) is 6.04 Å². The molecule has 2 N–H and O–H groups in total. The monoisotopic (exact) mass is 311 g/mol. The van der Waals surface area contributed by atoms with Crippen molar-refractivity contribution < 1.29 is 4.74 Å². The minimum Gasteiger partial charge on any atom is -0.495 e. The second-order valence-electron chi connectivity index (χ2n) is 6.00. The average Bonchev–Trinajstić information content (AvgIpc) is 2.85. The van der Waals surface area contributed by atoms with Crippen molar-refractivity contribution >= 4 is 11.6 Å². The van der Waals surface area contributed by atoms with Gasteiger partial charge >= 0.3 is 0 Å². The van der Waals surface area contributed by atoms with Gasteiger partial charge in [0.1, 0.15) is 5.75 Å². The zero-order chi connectivity index (χ0) is 15.4. The molecular weight excluding hydrogens is 286 g/mol. The van der Waals surface area contributed by atoms with Crippen LogP contribution in [0.15, 0.2) is 18.2 Å². The van der Waals surface area contributed by atoms with E-state index in [4.69, 9.17) is 22.1 Å². The van der Waals surface area contributed by atoms with Gasteiger partial charge in [-0.1, -0.05) is 17.7 Å². The normalized spacial score (nSPS) is 21.0. The van der Waals surface area contributed by atoms with Crippen LogP contribution in [0.4, 0.5) is 0 Å². The summed E-state index contributed by atoms with van der Waals surface area (Å²) in [4.78, 5) is 4.74. The lowest BCUT2D eigenvalue weighted by Crippen LogP contribution is -2.35. The van der Waals surface area contributed by atoms with Crippen molar-refractivity contribution in [1.29, 1.82) is 0 Å². The molecule has 2 unspecified atom stereocenters. The Labute approximate surface area is 132 Å². The third kappa shape index (κ3) is 4.10. The SMILES string of the molecule is COc1ccc(C(CN)N(C)CC2CCN(C)C2)cc1Cl. The topological polar surface area (TPSA) is 41.7 Å². The molecule has 0 saturated carbocycles. The van der Waals surface area contributed by atoms with E-state index in [0.29, 0.717) is 17.3 Å². The van der Waals surface area contributed by atoms with Crippen LogP contribution in [0.1, 0.15) is 18.0 Å². The third-order valence-corrected chi connectivity index (χ3v) is 4.65. The predicted molar refractivity (Wildman–Crippen MR) is 88.0 cm³/mol. The lowest BCUT2D eigenvalue weighted by Gasteiger charge is -2.30. The highest BCUT2D eigenvalue weighted by molar-refractivity contribution is 6.32. The molecule has 5 heteroatoms. The van der Waals surface area contributed by atoms with Crippen LogP contribution in [0.5, 0.6) is 5.75 Å². The van der Waals surface area contributed by atoms with E-state index in [2.05, 4.69) is 30.0 Å². The first kappa shape index (κ1) is 16.6. The van der Waals surface area contributed by atoms with E-state index in [1.54, 1.807) is 7.11 Å². The van der Waals surface area contributed by atoms with Gasteiger partial charge < -0.3 is 15.4 Å². The van der Waals surface area contributed by atoms with Gasteiger partial charge in [0, 0.05) is 25.7 Å². The summed E-state index contributed by atoms with van der Waals surface area (Å²) >= 11 is 6.23. The van der Waals surface area contributed by atoms with Crippen molar-refractivity contribution in [3.63, 3.8) is 0 Å². The van der Waals surface area contributed by atoms with E-state index >= 15 is 0 Å². The van der Waals surface area contributed by atoms with Crippen molar-refractivity contribution in [3.05, 3.63) is 28.8 Å². The van der Waals surface area contributed by atoms with E-state index in [1.807, 2.05) is 12.1 Å². The molecule has 0 aromatic heterocycles. The quantitative estimate of drug-likeness (QED) is 0.875. The number of nitrogens with zero attached hydrogens (tertiary/aromatic N) is 2. The molecule has 1 fully saturated rings. The molecule has 1 aromatic rings. The first-order chi connectivity index (χ1) is 10.0. The van der Waals surface area contributed by atoms with Crippen LogP contribution >= 0.6 is 11.6 Å². The van der Waals surface area contributed by atoms with Crippen molar-refractivity contribution in [2.75, 3.05) is 47.4 Å². The van der Waals surface area contributed by atoms with Gasteiger partial charge in [-0.05, 0) is 50.7 Å². The molecular formula is C16H26ClN3O. The second-order valence-corrected chi connectivity index (χ2v) is 6.41. The number of hydrogen-bond donors (Lipinski definition) is 1. The molecule has 1 aliphatic rings. The number of halogens is 1. The summed E-state index contributed by atoms with van der Waals surface area (Å²) in [5, 5.41) is 0.641. The molecule has 1 heterocycles. The molecule has 0 amide bonds. The minimum atomic E-state index is 0.194. The van der Waals surface area contributed by atoms with Gasteiger partial charge in [0.15, 0.2) is 0 Å². The molecule has 0 radical (unpaired) electrons. The number of likely N-dealkylation sites (N-methyl/N-ethyl adjacent to an activating group) is 1. The van der Waals surface area contributed by atoms with Crippen LogP contribution in [0.3, 0.4) is 0 Å². The number of benzene rings is 1. The Morgan fingerprint density at radius 1 is 1.52 bits per heavy atom. The highest BCUT2D eigenvalue weighted by atomic mass is 35.5. The number of ether oxygens (including phenoxy) is 1. The summed E-state index contributed by atoms with van der Waals surface area (Å²) in [5.74, 6) is 1.43. The highest BCUT2D eigenvalue weighted by Crippen LogP contribution is 2.30. The summed E-state index contributed by atoms with van der Waals surface area (Å²) in [6, 6.07) is 6.13. The number of rotatable bonds is 6. The fourth-order valence-corrected chi connectivity index (χ4v) is 3.44. The Hall–Kier alpha value is -0.810. The van der Waals surface area contributed by atoms with Crippen molar-refractivity contribution in [2.24, 2.45) is 11.7 Å². The number of hydrogen-bond acceptors (Lipinski definition) is 4. The average molecular weight is 312 g/mol. The Morgan fingerprint density at radius 2 is 2.29 bits per heavy atom. The van der Waals surface area contributed by atoms with Crippen LogP contribution < -0.4 is 10.5 Å². The minimum absolute atomic E-state index is 0.194. The summed E-state index contributed by atoms with van der Waals surface area (Å²) < 4.78 is 5.21. The zero-order valence-electron chi connectivity index (χ0n) is 13.2. The molecule has 118 valence electrons. The Balaban J connectivity index is 2.05. The number of methoxy groups -OCH3 is 1. The maximum atomic E-state index is 6.23. The van der Waals surface area contributed by atoms with Crippen molar-refractivity contribution in [1.82, 2.24) is 9.80 Å². The van der Waals surface area contributed by atoms with Gasteiger partial charge in [-0.2, -0.15) is 0 Å². The number of nitrogens with two attached hydrogens (primary N) is 1. The standard InChI is InChI=1S/C16H26ClN3O/c1-19-7-6-12(10-19)11-20(2)15(9-18)13-4-5-16(21-3)14(17)8-13/h4-5,8,12,15H,6-7,9-11,18H2,1-3H3. The summed E-state index contributed by atoms with van der Waals surface area (Å²) in [6.07, 6.45) is 1.27. The Bertz CT molecular complexity index is 469. The largest absolute Gasteiger partial charge is 0.495 e. The van der Waals surface area contributed by atoms with E-state index in [9.17, 15) is 0 Å². The van der Waals surface area contributed by atoms with Crippen molar-refractivity contribution in [3.8, 4) is 5.75 Å². The van der Waals surface area contributed by atoms with Crippen LogP contribution in [0.25, 0.3) is 0 Å². The molecule has 1 aliphatic heterocycles. The van der Waals surface area contributed by atoms with Gasteiger partial charge in [0.25, 0.3) is 0 Å². The van der Waals surface area contributed by atoms with Crippen LogP contribution in [0, 0.1) is 5.92 Å². The maximum absolute atomic E-state index is 6.23. The van der Waals surface area contributed by atoms with Gasteiger partial charge in [0.05, 0.1) is 12.1 Å². The van der Waals surface area contributed by atoms with Crippen LogP contribution in [-0.4, -0.2) is 57.2 Å². The number of likely N-dealkylation sites (tertiary alicyclic amines) is 1. The van der Waals surface area contributed by atoms with Gasteiger partial charge in [0.2, 0.25) is 0 Å². The predicted octanol–water partition coefficient (Wildman–Crippen LogP) is 2.23. The highest BCUT2D eigenvalue weighted by Gasteiger charge is 2.24.